The van der Waals surface area contributed by atoms with Crippen LogP contribution in [-0.4, -0.2) is 30.8 Å². The second-order valence-electron chi connectivity index (χ2n) is 5.11. The molecule has 0 bridgehead atoms. The molecule has 1 atom stereocenters. The predicted octanol–water partition coefficient (Wildman–Crippen LogP) is 1.92. The fraction of sp³-hybridized carbons (Fsp3) is 0.250. The van der Waals surface area contributed by atoms with E-state index in [0.717, 1.165) is 11.8 Å². The van der Waals surface area contributed by atoms with E-state index in [9.17, 15) is 13.2 Å². The molecular weight excluding hydrogens is 316 g/mol. The van der Waals surface area contributed by atoms with E-state index in [4.69, 9.17) is 4.74 Å². The molecule has 0 saturated heterocycles. The summed E-state index contributed by atoms with van der Waals surface area (Å²) in [5.74, 6) is 0.529. The maximum Gasteiger partial charge on any atom is 0.238 e. The number of sulfone groups is 1. The Labute approximate surface area is 135 Å². The number of carbonyl (C=O) groups excluding carboxylic acids is 1. The molecule has 0 fully saturated rings. The summed E-state index contributed by atoms with van der Waals surface area (Å²) in [6, 6.07) is 12.6. The number of nitrogens with one attached hydrogen (secondary N) is 1. The summed E-state index contributed by atoms with van der Waals surface area (Å²) in [6.07, 6.45) is 2.61. The van der Waals surface area contributed by atoms with Gasteiger partial charge in [-0.1, -0.05) is 18.2 Å². The van der Waals surface area contributed by atoms with Crippen LogP contribution in [0.25, 0.3) is 0 Å². The minimum Gasteiger partial charge on any atom is -0.439 e. The Hall–Kier alpha value is -2.41. The van der Waals surface area contributed by atoms with Gasteiger partial charge in [-0.3, -0.25) is 4.79 Å². The summed E-state index contributed by atoms with van der Waals surface area (Å²) in [7, 11) is -3.40. The van der Waals surface area contributed by atoms with Crippen LogP contribution in [0.3, 0.4) is 0 Å². The average Bonchev–Trinajstić information content (AvgIpc) is 2.52. The average molecular weight is 334 g/mol. The lowest BCUT2D eigenvalue weighted by molar-refractivity contribution is -0.120. The Morgan fingerprint density at radius 1 is 1.26 bits per heavy atom. The first-order valence-electron chi connectivity index (χ1n) is 7.00. The van der Waals surface area contributed by atoms with Crippen molar-refractivity contribution in [3.8, 4) is 11.6 Å². The smallest absolute Gasteiger partial charge is 0.238 e. The van der Waals surface area contributed by atoms with E-state index in [-0.39, 0.29) is 6.54 Å². The summed E-state index contributed by atoms with van der Waals surface area (Å²) in [5.41, 5.74) is 0.764. The first-order chi connectivity index (χ1) is 10.9. The molecule has 0 aliphatic carbocycles. The number of rotatable bonds is 6. The van der Waals surface area contributed by atoms with Gasteiger partial charge >= 0.3 is 0 Å². The van der Waals surface area contributed by atoms with Gasteiger partial charge in [0.1, 0.15) is 11.0 Å². The number of nitrogens with zero attached hydrogens (tertiary/aromatic N) is 1. The molecule has 7 heteroatoms. The van der Waals surface area contributed by atoms with Crippen molar-refractivity contribution in [1.82, 2.24) is 10.3 Å². The lowest BCUT2D eigenvalue weighted by Gasteiger charge is -2.11. The van der Waals surface area contributed by atoms with Gasteiger partial charge in [0.15, 0.2) is 9.84 Å². The highest BCUT2D eigenvalue weighted by Gasteiger charge is 2.22. The van der Waals surface area contributed by atoms with Crippen molar-refractivity contribution in [2.45, 2.75) is 18.7 Å². The zero-order valence-corrected chi connectivity index (χ0v) is 13.7. The number of carbonyl (C=O) groups is 1. The number of para-hydroxylation sites is 1. The topological polar surface area (TPSA) is 85.4 Å². The predicted molar refractivity (Wildman–Crippen MR) is 86.9 cm³/mol. The van der Waals surface area contributed by atoms with Crippen LogP contribution in [0.4, 0.5) is 0 Å². The van der Waals surface area contributed by atoms with Crippen LogP contribution >= 0.6 is 0 Å². The molecule has 1 aromatic carbocycles. The maximum absolute atomic E-state index is 11.8. The van der Waals surface area contributed by atoms with E-state index >= 15 is 0 Å². The zero-order chi connectivity index (χ0) is 16.9. The Morgan fingerprint density at radius 3 is 2.61 bits per heavy atom. The molecule has 2 rings (SSSR count). The zero-order valence-electron chi connectivity index (χ0n) is 12.9. The molecule has 1 heterocycles. The van der Waals surface area contributed by atoms with Crippen LogP contribution in [0.5, 0.6) is 11.6 Å². The number of amides is 1. The third-order valence-electron chi connectivity index (χ3n) is 3.24. The van der Waals surface area contributed by atoms with Gasteiger partial charge in [0.2, 0.25) is 11.8 Å². The maximum atomic E-state index is 11.8. The molecule has 0 aliphatic heterocycles. The first-order valence-corrected chi connectivity index (χ1v) is 8.96. The third kappa shape index (κ3) is 5.07. The summed E-state index contributed by atoms with van der Waals surface area (Å²) in [4.78, 5) is 15.9. The standard InChI is InChI=1S/C16H18N2O4S/c1-12(23(2,20)21)16(19)18-11-13-8-9-17-15(10-13)22-14-6-4-3-5-7-14/h3-10,12H,11H2,1-2H3,(H,18,19)/t12-/m0/s1. The van der Waals surface area contributed by atoms with Gasteiger partial charge in [0.25, 0.3) is 0 Å². The van der Waals surface area contributed by atoms with Crippen LogP contribution in [0.15, 0.2) is 48.7 Å². The quantitative estimate of drug-likeness (QED) is 0.872. The molecular formula is C16H18N2O4S. The van der Waals surface area contributed by atoms with Gasteiger partial charge in [-0.2, -0.15) is 0 Å². The SMILES string of the molecule is C[C@@H](C(=O)NCc1ccnc(Oc2ccccc2)c1)S(C)(=O)=O. The molecule has 0 radical (unpaired) electrons. The molecule has 1 amide bonds. The Kier molecular flexibility index (Phi) is 5.33. The highest BCUT2D eigenvalue weighted by molar-refractivity contribution is 7.92. The van der Waals surface area contributed by atoms with Crippen LogP contribution in [-0.2, 0) is 21.2 Å². The highest BCUT2D eigenvalue weighted by Crippen LogP contribution is 2.19. The van der Waals surface area contributed by atoms with E-state index in [0.29, 0.717) is 11.6 Å². The minimum atomic E-state index is -3.40. The normalized spacial score (nSPS) is 12.4. The van der Waals surface area contributed by atoms with Crippen LogP contribution in [0.1, 0.15) is 12.5 Å². The number of benzene rings is 1. The van der Waals surface area contributed by atoms with Gasteiger partial charge < -0.3 is 10.1 Å². The number of pyridine rings is 1. The molecule has 0 unspecified atom stereocenters. The van der Waals surface area contributed by atoms with Gasteiger partial charge in [0, 0.05) is 25.1 Å². The van der Waals surface area contributed by atoms with Crippen molar-refractivity contribution in [1.29, 1.82) is 0 Å². The Morgan fingerprint density at radius 2 is 1.96 bits per heavy atom. The van der Waals surface area contributed by atoms with E-state index in [1.165, 1.54) is 6.92 Å². The number of aromatic nitrogens is 1. The second-order valence-corrected chi connectivity index (χ2v) is 7.47. The third-order valence-corrected chi connectivity index (χ3v) is 4.74. The molecule has 0 spiro atoms. The highest BCUT2D eigenvalue weighted by atomic mass is 32.2. The summed E-state index contributed by atoms with van der Waals surface area (Å²) >= 11 is 0. The van der Waals surface area contributed by atoms with Gasteiger partial charge in [-0.25, -0.2) is 13.4 Å². The molecule has 1 N–H and O–H groups in total. The minimum absolute atomic E-state index is 0.201. The summed E-state index contributed by atoms with van der Waals surface area (Å²) < 4.78 is 28.3. The Balaban J connectivity index is 1.99. The van der Waals surface area contributed by atoms with Crippen molar-refractivity contribution in [3.63, 3.8) is 0 Å². The van der Waals surface area contributed by atoms with Crippen molar-refractivity contribution in [2.75, 3.05) is 6.26 Å². The van der Waals surface area contributed by atoms with E-state index in [1.807, 2.05) is 30.3 Å². The molecule has 1 aromatic heterocycles. The van der Waals surface area contributed by atoms with E-state index in [1.54, 1.807) is 18.3 Å². The van der Waals surface area contributed by atoms with Crippen molar-refractivity contribution in [2.24, 2.45) is 0 Å². The molecule has 0 aliphatic rings. The fourth-order valence-electron chi connectivity index (χ4n) is 1.75. The van der Waals surface area contributed by atoms with E-state index in [2.05, 4.69) is 10.3 Å². The summed E-state index contributed by atoms with van der Waals surface area (Å²) in [6.45, 7) is 1.56. The molecule has 0 saturated carbocycles. The van der Waals surface area contributed by atoms with Crippen LogP contribution < -0.4 is 10.1 Å². The second kappa shape index (κ2) is 7.23. The van der Waals surface area contributed by atoms with Crippen molar-refractivity contribution in [3.05, 3.63) is 54.2 Å². The number of hydrogen-bond acceptors (Lipinski definition) is 5. The van der Waals surface area contributed by atoms with Gasteiger partial charge in [-0.15, -0.1) is 0 Å². The van der Waals surface area contributed by atoms with Gasteiger partial charge in [0.05, 0.1) is 0 Å². The number of ether oxygens (including phenoxy) is 1. The number of hydrogen-bond donors (Lipinski definition) is 1. The van der Waals surface area contributed by atoms with Gasteiger partial charge in [-0.05, 0) is 30.7 Å². The van der Waals surface area contributed by atoms with E-state index < -0.39 is 21.0 Å². The van der Waals surface area contributed by atoms with Crippen molar-refractivity contribution < 1.29 is 17.9 Å². The molecule has 6 nitrogen and oxygen atoms in total. The largest absolute Gasteiger partial charge is 0.439 e. The van der Waals surface area contributed by atoms with Crippen LogP contribution in [0.2, 0.25) is 0 Å². The van der Waals surface area contributed by atoms with Crippen LogP contribution in [0, 0.1) is 0 Å². The summed E-state index contributed by atoms with van der Waals surface area (Å²) in [5, 5.41) is 1.52. The fourth-order valence-corrected chi connectivity index (χ4v) is 2.23. The lowest BCUT2D eigenvalue weighted by atomic mass is 10.2. The monoisotopic (exact) mass is 334 g/mol. The molecule has 23 heavy (non-hydrogen) atoms. The van der Waals surface area contributed by atoms with Crippen molar-refractivity contribution >= 4 is 15.7 Å². The first kappa shape index (κ1) is 17.0. The Bertz CT molecular complexity index is 776. The molecule has 122 valence electrons. The molecule has 2 aromatic rings. The lowest BCUT2D eigenvalue weighted by Crippen LogP contribution is -2.37.